The number of carbonyl (C=O) groups excluding carboxylic acids is 1. The van der Waals surface area contributed by atoms with Crippen LogP contribution in [-0.4, -0.2) is 22.2 Å². The lowest BCUT2D eigenvalue weighted by molar-refractivity contribution is -0.121. The first kappa shape index (κ1) is 20.1. The molecule has 29 heavy (non-hydrogen) atoms. The summed E-state index contributed by atoms with van der Waals surface area (Å²) in [4.78, 5) is 37.4. The maximum Gasteiger partial charge on any atom is 0.317 e. The number of hydrogen-bond donors (Lipinski definition) is 1. The zero-order valence-corrected chi connectivity index (χ0v) is 16.3. The van der Waals surface area contributed by atoms with Gasteiger partial charge >= 0.3 is 11.1 Å². The Hall–Kier alpha value is -3.61. The van der Waals surface area contributed by atoms with Crippen LogP contribution >= 0.6 is 0 Å². The van der Waals surface area contributed by atoms with Gasteiger partial charge in [-0.15, -0.1) is 6.58 Å². The molecule has 3 aromatic rings. The van der Waals surface area contributed by atoms with Gasteiger partial charge in [-0.2, -0.15) is 0 Å². The van der Waals surface area contributed by atoms with Gasteiger partial charge in [-0.05, 0) is 18.2 Å². The Bertz CT molecular complexity index is 1160. The number of benzene rings is 2. The van der Waals surface area contributed by atoms with Crippen LogP contribution in [0.5, 0.6) is 5.75 Å². The zero-order chi connectivity index (χ0) is 20.8. The van der Waals surface area contributed by atoms with E-state index in [2.05, 4.69) is 11.9 Å². The second kappa shape index (κ2) is 9.05. The molecule has 150 valence electrons. The van der Waals surface area contributed by atoms with Crippen molar-refractivity contribution in [3.8, 4) is 5.75 Å². The highest BCUT2D eigenvalue weighted by Crippen LogP contribution is 2.16. The van der Waals surface area contributed by atoms with E-state index in [9.17, 15) is 14.4 Å². The van der Waals surface area contributed by atoms with Gasteiger partial charge < -0.3 is 14.6 Å². The number of para-hydroxylation sites is 3. The van der Waals surface area contributed by atoms with E-state index in [0.29, 0.717) is 23.3 Å². The van der Waals surface area contributed by atoms with Gasteiger partial charge in [0.1, 0.15) is 5.75 Å². The molecule has 0 unspecified atom stereocenters. The van der Waals surface area contributed by atoms with E-state index in [0.717, 1.165) is 5.56 Å². The zero-order valence-electron chi connectivity index (χ0n) is 16.3. The largest absolute Gasteiger partial charge is 0.496 e. The van der Waals surface area contributed by atoms with Crippen LogP contribution in [0.25, 0.3) is 11.0 Å². The van der Waals surface area contributed by atoms with Crippen molar-refractivity contribution in [1.82, 2.24) is 14.5 Å². The van der Waals surface area contributed by atoms with E-state index < -0.39 is 11.1 Å². The van der Waals surface area contributed by atoms with Crippen LogP contribution in [0.15, 0.2) is 70.8 Å². The predicted octanol–water partition coefficient (Wildman–Crippen LogP) is 2.06. The molecular weight excluding hydrogens is 370 g/mol. The number of rotatable bonds is 8. The van der Waals surface area contributed by atoms with Crippen LogP contribution in [0.1, 0.15) is 12.0 Å². The minimum atomic E-state index is -0.650. The number of nitrogens with one attached hydrogen (secondary N) is 1. The molecule has 0 saturated carbocycles. The lowest BCUT2D eigenvalue weighted by Crippen LogP contribution is -2.42. The van der Waals surface area contributed by atoms with Gasteiger partial charge in [0, 0.05) is 31.6 Å². The molecule has 1 amide bonds. The molecule has 0 aliphatic heterocycles. The normalized spacial score (nSPS) is 10.7. The van der Waals surface area contributed by atoms with E-state index >= 15 is 0 Å². The number of methoxy groups -OCH3 is 1. The van der Waals surface area contributed by atoms with Crippen molar-refractivity contribution in [2.75, 3.05) is 7.11 Å². The van der Waals surface area contributed by atoms with Crippen LogP contribution < -0.4 is 21.2 Å². The molecule has 7 heteroatoms. The minimum absolute atomic E-state index is 0.0734. The average Bonchev–Trinajstić information content (AvgIpc) is 2.75. The number of nitrogens with zero attached hydrogens (tertiary/aromatic N) is 2. The van der Waals surface area contributed by atoms with Gasteiger partial charge in [0.15, 0.2) is 0 Å². The van der Waals surface area contributed by atoms with Crippen molar-refractivity contribution < 1.29 is 9.53 Å². The van der Waals surface area contributed by atoms with Crippen LogP contribution in [0.4, 0.5) is 0 Å². The third-order valence-corrected chi connectivity index (χ3v) is 4.68. The molecular formula is C22H23N3O4. The Morgan fingerprint density at radius 2 is 1.66 bits per heavy atom. The summed E-state index contributed by atoms with van der Waals surface area (Å²) in [6.07, 6.45) is 1.65. The van der Waals surface area contributed by atoms with Crippen LogP contribution in [-0.2, 0) is 24.4 Å². The number of hydrogen-bond acceptors (Lipinski definition) is 4. The minimum Gasteiger partial charge on any atom is -0.496 e. The van der Waals surface area contributed by atoms with Crippen molar-refractivity contribution in [2.24, 2.45) is 0 Å². The first-order valence-electron chi connectivity index (χ1n) is 9.28. The number of ether oxygens (including phenoxy) is 1. The lowest BCUT2D eigenvalue weighted by Gasteiger charge is -2.14. The van der Waals surface area contributed by atoms with Gasteiger partial charge in [-0.25, -0.2) is 0 Å². The fraction of sp³-hybridized carbons (Fsp3) is 0.227. The molecule has 1 N–H and O–H groups in total. The third-order valence-electron chi connectivity index (χ3n) is 4.68. The molecule has 0 atom stereocenters. The molecule has 0 spiro atoms. The quantitative estimate of drug-likeness (QED) is 0.469. The third kappa shape index (κ3) is 4.29. The molecule has 0 fully saturated rings. The standard InChI is InChI=1S/C22H23N3O4/c1-3-13-24-17-9-5-6-10-18(17)25(22(28)21(24)27)14-12-20(26)23-15-16-8-4-7-11-19(16)29-2/h3-11H,1,12-15H2,2H3,(H,23,26). The van der Waals surface area contributed by atoms with E-state index in [1.165, 1.54) is 9.13 Å². The Balaban J connectivity index is 1.78. The summed E-state index contributed by atoms with van der Waals surface area (Å²) >= 11 is 0. The fourth-order valence-corrected chi connectivity index (χ4v) is 3.25. The first-order chi connectivity index (χ1) is 14.1. The Morgan fingerprint density at radius 3 is 2.34 bits per heavy atom. The fourth-order valence-electron chi connectivity index (χ4n) is 3.25. The van der Waals surface area contributed by atoms with E-state index in [1.54, 1.807) is 37.5 Å². The molecule has 1 heterocycles. The molecule has 3 rings (SSSR count). The van der Waals surface area contributed by atoms with Crippen LogP contribution in [0, 0.1) is 0 Å². The number of carbonyl (C=O) groups is 1. The monoisotopic (exact) mass is 393 g/mol. The summed E-state index contributed by atoms with van der Waals surface area (Å²) in [6.45, 7) is 4.32. The van der Waals surface area contributed by atoms with E-state index in [-0.39, 0.29) is 25.4 Å². The highest BCUT2D eigenvalue weighted by Gasteiger charge is 2.13. The topological polar surface area (TPSA) is 82.3 Å². The van der Waals surface area contributed by atoms with Crippen molar-refractivity contribution in [1.29, 1.82) is 0 Å². The number of aromatic nitrogens is 2. The summed E-state index contributed by atoms with van der Waals surface area (Å²) in [5, 5.41) is 2.83. The Morgan fingerprint density at radius 1 is 1.03 bits per heavy atom. The van der Waals surface area contributed by atoms with Gasteiger partial charge in [0.2, 0.25) is 5.91 Å². The molecule has 0 radical (unpaired) electrons. The highest BCUT2D eigenvalue weighted by molar-refractivity contribution is 5.77. The SMILES string of the molecule is C=CCn1c(=O)c(=O)n(CCC(=O)NCc2ccccc2OC)c2ccccc21. The van der Waals surface area contributed by atoms with E-state index in [4.69, 9.17) is 4.74 Å². The molecule has 7 nitrogen and oxygen atoms in total. The van der Waals surface area contributed by atoms with Gasteiger partial charge in [0.25, 0.3) is 0 Å². The molecule has 1 aromatic heterocycles. The number of allylic oxidation sites excluding steroid dienone is 1. The summed E-state index contributed by atoms with van der Waals surface area (Å²) in [6, 6.07) is 14.6. The van der Waals surface area contributed by atoms with Crippen molar-refractivity contribution in [3.05, 3.63) is 87.5 Å². The first-order valence-corrected chi connectivity index (χ1v) is 9.28. The Kier molecular flexibility index (Phi) is 6.29. The van der Waals surface area contributed by atoms with Crippen LogP contribution in [0.3, 0.4) is 0 Å². The molecule has 0 aliphatic rings. The number of aryl methyl sites for hydroxylation is 1. The highest BCUT2D eigenvalue weighted by atomic mass is 16.5. The predicted molar refractivity (Wildman–Crippen MR) is 112 cm³/mol. The van der Waals surface area contributed by atoms with Crippen molar-refractivity contribution in [2.45, 2.75) is 26.1 Å². The average molecular weight is 393 g/mol. The number of amides is 1. The van der Waals surface area contributed by atoms with Gasteiger partial charge in [0.05, 0.1) is 18.1 Å². The molecule has 0 aliphatic carbocycles. The summed E-state index contributed by atoms with van der Waals surface area (Å²) < 4.78 is 8.03. The van der Waals surface area contributed by atoms with Gasteiger partial charge in [-0.3, -0.25) is 19.0 Å². The Labute approximate surface area is 167 Å². The maximum atomic E-state index is 12.6. The van der Waals surface area contributed by atoms with Crippen molar-refractivity contribution >= 4 is 16.9 Å². The summed E-state index contributed by atoms with van der Waals surface area (Å²) in [5.41, 5.74) is 0.821. The smallest absolute Gasteiger partial charge is 0.317 e. The summed E-state index contributed by atoms with van der Waals surface area (Å²) in [5.74, 6) is 0.475. The maximum absolute atomic E-state index is 12.6. The second-order valence-corrected chi connectivity index (χ2v) is 6.49. The lowest BCUT2D eigenvalue weighted by atomic mass is 10.2. The summed E-state index contributed by atoms with van der Waals surface area (Å²) in [7, 11) is 1.58. The van der Waals surface area contributed by atoms with Gasteiger partial charge in [-0.1, -0.05) is 36.4 Å². The molecule has 0 saturated heterocycles. The van der Waals surface area contributed by atoms with Crippen LogP contribution in [0.2, 0.25) is 0 Å². The second-order valence-electron chi connectivity index (χ2n) is 6.49. The van der Waals surface area contributed by atoms with Crippen molar-refractivity contribution in [3.63, 3.8) is 0 Å². The number of fused-ring (bicyclic) bond motifs is 1. The van der Waals surface area contributed by atoms with E-state index in [1.807, 2.05) is 24.3 Å². The molecule has 2 aromatic carbocycles. The molecule has 0 bridgehead atoms.